The zero-order valence-corrected chi connectivity index (χ0v) is 13.4. The molecule has 0 radical (unpaired) electrons. The van der Waals surface area contributed by atoms with Crippen molar-refractivity contribution in [3.8, 4) is 11.1 Å². The molecule has 0 bridgehead atoms. The number of aliphatic carboxylic acids is 1. The average Bonchev–Trinajstić information content (AvgIpc) is 2.46. The molecular formula is C19H21NO2. The van der Waals surface area contributed by atoms with Gasteiger partial charge in [0, 0.05) is 24.0 Å². The van der Waals surface area contributed by atoms with Gasteiger partial charge >= 0.3 is 5.97 Å². The highest BCUT2D eigenvalue weighted by Crippen LogP contribution is 2.27. The molecule has 0 fully saturated rings. The van der Waals surface area contributed by atoms with E-state index in [-0.39, 0.29) is 5.41 Å². The molecule has 1 heterocycles. The molecule has 3 heteroatoms. The SMILES string of the molecule is C/C(=C\C(=O)O)c1cncc(-c2ccc(C(C)(C)C)cc2)c1. The summed E-state index contributed by atoms with van der Waals surface area (Å²) in [5.74, 6) is -0.947. The number of hydrogen-bond donors (Lipinski definition) is 1. The molecule has 3 nitrogen and oxygen atoms in total. The summed E-state index contributed by atoms with van der Waals surface area (Å²) >= 11 is 0. The number of aromatic nitrogens is 1. The smallest absolute Gasteiger partial charge is 0.328 e. The van der Waals surface area contributed by atoms with Crippen LogP contribution in [0.4, 0.5) is 0 Å². The van der Waals surface area contributed by atoms with Crippen LogP contribution in [0.1, 0.15) is 38.8 Å². The maximum atomic E-state index is 10.8. The molecule has 0 amide bonds. The number of benzene rings is 1. The molecule has 22 heavy (non-hydrogen) atoms. The predicted octanol–water partition coefficient (Wildman–Crippen LogP) is 4.53. The minimum atomic E-state index is -0.947. The largest absolute Gasteiger partial charge is 0.478 e. The van der Waals surface area contributed by atoms with E-state index in [1.807, 2.05) is 6.07 Å². The van der Waals surface area contributed by atoms with Crippen LogP contribution >= 0.6 is 0 Å². The van der Waals surface area contributed by atoms with Gasteiger partial charge in [0.15, 0.2) is 0 Å². The normalized spacial score (nSPS) is 12.3. The van der Waals surface area contributed by atoms with E-state index < -0.39 is 5.97 Å². The Labute approximate surface area is 131 Å². The van der Waals surface area contributed by atoms with Crippen molar-refractivity contribution in [3.05, 3.63) is 59.9 Å². The fourth-order valence-electron chi connectivity index (χ4n) is 2.24. The van der Waals surface area contributed by atoms with Gasteiger partial charge in [0.1, 0.15) is 0 Å². The van der Waals surface area contributed by atoms with E-state index in [1.165, 1.54) is 11.6 Å². The molecule has 0 aliphatic carbocycles. The van der Waals surface area contributed by atoms with Crippen LogP contribution in [0.2, 0.25) is 0 Å². The van der Waals surface area contributed by atoms with Gasteiger partial charge < -0.3 is 5.11 Å². The van der Waals surface area contributed by atoms with Crippen LogP contribution in [-0.4, -0.2) is 16.1 Å². The van der Waals surface area contributed by atoms with E-state index in [0.717, 1.165) is 16.7 Å². The van der Waals surface area contributed by atoms with Crippen molar-refractivity contribution >= 4 is 11.5 Å². The number of carboxylic acid groups (broad SMARTS) is 1. The number of pyridine rings is 1. The first-order valence-electron chi connectivity index (χ1n) is 7.25. The number of carbonyl (C=O) groups is 1. The number of carboxylic acids is 1. The first-order valence-corrected chi connectivity index (χ1v) is 7.25. The van der Waals surface area contributed by atoms with Crippen LogP contribution in [0, 0.1) is 0 Å². The molecular weight excluding hydrogens is 274 g/mol. The molecule has 0 atom stereocenters. The lowest BCUT2D eigenvalue weighted by Gasteiger charge is -2.19. The van der Waals surface area contributed by atoms with E-state index in [9.17, 15) is 4.79 Å². The van der Waals surface area contributed by atoms with Gasteiger partial charge in [0.2, 0.25) is 0 Å². The minimum Gasteiger partial charge on any atom is -0.478 e. The van der Waals surface area contributed by atoms with Gasteiger partial charge in [-0.25, -0.2) is 4.79 Å². The lowest BCUT2D eigenvalue weighted by atomic mass is 9.86. The van der Waals surface area contributed by atoms with Crippen molar-refractivity contribution in [2.75, 3.05) is 0 Å². The number of nitrogens with zero attached hydrogens (tertiary/aromatic N) is 1. The standard InChI is InChI=1S/C19H21NO2/c1-13(9-18(21)22)15-10-16(12-20-11-15)14-5-7-17(8-6-14)19(2,3)4/h5-12H,1-4H3,(H,21,22)/b13-9+. The van der Waals surface area contributed by atoms with Gasteiger partial charge in [-0.3, -0.25) is 4.98 Å². The summed E-state index contributed by atoms with van der Waals surface area (Å²) in [7, 11) is 0. The Hall–Kier alpha value is -2.42. The third kappa shape index (κ3) is 3.82. The number of allylic oxidation sites excluding steroid dienone is 1. The number of hydrogen-bond acceptors (Lipinski definition) is 2. The molecule has 0 aliphatic rings. The second-order valence-corrected chi connectivity index (χ2v) is 6.46. The van der Waals surface area contributed by atoms with Gasteiger partial charge in [-0.05, 0) is 40.7 Å². The summed E-state index contributed by atoms with van der Waals surface area (Å²) in [5.41, 5.74) is 4.97. The summed E-state index contributed by atoms with van der Waals surface area (Å²) in [5, 5.41) is 8.84. The topological polar surface area (TPSA) is 50.2 Å². The molecule has 2 rings (SSSR count). The average molecular weight is 295 g/mol. The lowest BCUT2D eigenvalue weighted by Crippen LogP contribution is -2.10. The van der Waals surface area contributed by atoms with Crippen LogP contribution in [0.15, 0.2) is 48.8 Å². The molecule has 1 aromatic heterocycles. The molecule has 0 spiro atoms. The zero-order chi connectivity index (χ0) is 16.3. The second kappa shape index (κ2) is 6.14. The molecule has 1 N–H and O–H groups in total. The predicted molar refractivity (Wildman–Crippen MR) is 89.7 cm³/mol. The molecule has 0 unspecified atom stereocenters. The maximum Gasteiger partial charge on any atom is 0.328 e. The Bertz CT molecular complexity index is 707. The van der Waals surface area contributed by atoms with E-state index >= 15 is 0 Å². The van der Waals surface area contributed by atoms with Crippen molar-refractivity contribution in [1.29, 1.82) is 0 Å². The van der Waals surface area contributed by atoms with Crippen molar-refractivity contribution in [2.24, 2.45) is 0 Å². The molecule has 1 aromatic carbocycles. The lowest BCUT2D eigenvalue weighted by molar-refractivity contribution is -0.131. The van der Waals surface area contributed by atoms with Gasteiger partial charge in [-0.15, -0.1) is 0 Å². The van der Waals surface area contributed by atoms with Crippen LogP contribution in [0.25, 0.3) is 16.7 Å². The summed E-state index contributed by atoms with van der Waals surface area (Å²) < 4.78 is 0. The quantitative estimate of drug-likeness (QED) is 0.846. The Balaban J connectivity index is 2.36. The van der Waals surface area contributed by atoms with Gasteiger partial charge in [-0.1, -0.05) is 45.0 Å². The fraction of sp³-hybridized carbons (Fsp3) is 0.263. The molecule has 0 aliphatic heterocycles. The Kier molecular flexibility index (Phi) is 4.45. The Morgan fingerprint density at radius 1 is 1.09 bits per heavy atom. The van der Waals surface area contributed by atoms with Gasteiger partial charge in [0.25, 0.3) is 0 Å². The minimum absolute atomic E-state index is 0.124. The highest BCUT2D eigenvalue weighted by molar-refractivity contribution is 5.89. The van der Waals surface area contributed by atoms with Crippen molar-refractivity contribution in [1.82, 2.24) is 4.98 Å². The highest BCUT2D eigenvalue weighted by Gasteiger charge is 2.13. The van der Waals surface area contributed by atoms with Crippen LogP contribution < -0.4 is 0 Å². The Morgan fingerprint density at radius 2 is 1.73 bits per heavy atom. The summed E-state index contributed by atoms with van der Waals surface area (Å²) in [6, 6.07) is 10.4. The Morgan fingerprint density at radius 3 is 2.27 bits per heavy atom. The highest BCUT2D eigenvalue weighted by atomic mass is 16.4. The summed E-state index contributed by atoms with van der Waals surface area (Å²) in [6.45, 7) is 8.33. The monoisotopic (exact) mass is 295 g/mol. The maximum absolute atomic E-state index is 10.8. The molecule has 0 saturated carbocycles. The first-order chi connectivity index (χ1) is 10.3. The third-order valence-corrected chi connectivity index (χ3v) is 3.62. The third-order valence-electron chi connectivity index (χ3n) is 3.62. The molecule has 0 saturated heterocycles. The van der Waals surface area contributed by atoms with Crippen LogP contribution in [-0.2, 0) is 10.2 Å². The van der Waals surface area contributed by atoms with E-state index in [4.69, 9.17) is 5.11 Å². The summed E-state index contributed by atoms with van der Waals surface area (Å²) in [4.78, 5) is 15.0. The van der Waals surface area contributed by atoms with Gasteiger partial charge in [0.05, 0.1) is 0 Å². The van der Waals surface area contributed by atoms with E-state index in [2.05, 4.69) is 50.0 Å². The summed E-state index contributed by atoms with van der Waals surface area (Å²) in [6.07, 6.45) is 4.68. The van der Waals surface area contributed by atoms with E-state index in [1.54, 1.807) is 19.3 Å². The van der Waals surface area contributed by atoms with Crippen molar-refractivity contribution < 1.29 is 9.90 Å². The van der Waals surface area contributed by atoms with Crippen molar-refractivity contribution in [3.63, 3.8) is 0 Å². The molecule has 114 valence electrons. The fourth-order valence-corrected chi connectivity index (χ4v) is 2.24. The molecule has 2 aromatic rings. The van der Waals surface area contributed by atoms with E-state index in [0.29, 0.717) is 5.57 Å². The first kappa shape index (κ1) is 16.0. The van der Waals surface area contributed by atoms with Crippen LogP contribution in [0.3, 0.4) is 0 Å². The number of rotatable bonds is 3. The van der Waals surface area contributed by atoms with Gasteiger partial charge in [-0.2, -0.15) is 0 Å². The van der Waals surface area contributed by atoms with Crippen LogP contribution in [0.5, 0.6) is 0 Å². The van der Waals surface area contributed by atoms with Crippen molar-refractivity contribution in [2.45, 2.75) is 33.1 Å². The zero-order valence-electron chi connectivity index (χ0n) is 13.4. The second-order valence-electron chi connectivity index (χ2n) is 6.46.